The van der Waals surface area contributed by atoms with Crippen molar-refractivity contribution in [1.82, 2.24) is 0 Å². The smallest absolute Gasteiger partial charge is 0.126 e. The highest BCUT2D eigenvalue weighted by atomic mass is 19.1. The molecule has 0 spiro atoms. The summed E-state index contributed by atoms with van der Waals surface area (Å²) in [5.41, 5.74) is 5.41. The van der Waals surface area contributed by atoms with Crippen molar-refractivity contribution in [2.24, 2.45) is 5.92 Å². The van der Waals surface area contributed by atoms with Gasteiger partial charge in [-0.05, 0) is 91.3 Å². The van der Waals surface area contributed by atoms with Crippen LogP contribution in [0.4, 0.5) is 4.39 Å². The molecule has 2 aromatic rings. The Morgan fingerprint density at radius 2 is 2.00 bits per heavy atom. The van der Waals surface area contributed by atoms with Gasteiger partial charge in [-0.2, -0.15) is 5.26 Å². The van der Waals surface area contributed by atoms with E-state index in [1.165, 1.54) is 11.1 Å². The maximum atomic E-state index is 14.3. The van der Waals surface area contributed by atoms with Crippen molar-refractivity contribution in [3.05, 3.63) is 70.0 Å². The number of rotatable bonds is 6. The Kier molecular flexibility index (Phi) is 5.87. The van der Waals surface area contributed by atoms with E-state index in [9.17, 15) is 4.39 Å². The maximum Gasteiger partial charge on any atom is 0.126 e. The molecule has 2 heteroatoms. The van der Waals surface area contributed by atoms with E-state index in [0.29, 0.717) is 5.92 Å². The summed E-state index contributed by atoms with van der Waals surface area (Å²) in [6.45, 7) is 2.16. The van der Waals surface area contributed by atoms with E-state index in [1.54, 1.807) is 6.07 Å². The van der Waals surface area contributed by atoms with E-state index >= 15 is 0 Å². The Morgan fingerprint density at radius 1 is 1.12 bits per heavy atom. The predicted octanol–water partition coefficient (Wildman–Crippen LogP) is 5.78. The normalized spacial score (nSPS) is 16.3. The minimum Gasteiger partial charge on any atom is -0.207 e. The first kappa shape index (κ1) is 17.7. The highest BCUT2D eigenvalue weighted by Crippen LogP contribution is 2.29. The van der Waals surface area contributed by atoms with Crippen LogP contribution < -0.4 is 0 Å². The molecular weight excluding hydrogens is 309 g/mol. The van der Waals surface area contributed by atoms with Crippen LogP contribution >= 0.6 is 0 Å². The van der Waals surface area contributed by atoms with Crippen molar-refractivity contribution in [2.45, 2.75) is 58.3 Å². The van der Waals surface area contributed by atoms with Crippen LogP contribution in [0.15, 0.2) is 36.4 Å². The summed E-state index contributed by atoms with van der Waals surface area (Å²) in [6, 6.07) is 14.1. The van der Waals surface area contributed by atoms with Crippen molar-refractivity contribution in [2.75, 3.05) is 0 Å². The van der Waals surface area contributed by atoms with Crippen molar-refractivity contribution in [1.29, 1.82) is 5.26 Å². The minimum absolute atomic E-state index is 0.0384. The second kappa shape index (κ2) is 8.30. The number of hydrogen-bond acceptors (Lipinski definition) is 1. The first-order valence-corrected chi connectivity index (χ1v) is 9.48. The average Bonchev–Trinajstić information content (AvgIpc) is 2.65. The third kappa shape index (κ3) is 4.48. The predicted molar refractivity (Wildman–Crippen MR) is 100 cm³/mol. The van der Waals surface area contributed by atoms with Crippen LogP contribution in [0.3, 0.4) is 0 Å². The standard InChI is InChI=1S/C23H26FN/c1-2-3-4-17-5-9-20(23(24)15-17)10-6-18-7-11-22-14-19(16-25)8-12-21(22)13-18/h5,8-9,12,14-15,18H,2-4,6-7,10-11,13H2,1H3. The topological polar surface area (TPSA) is 23.8 Å². The maximum absolute atomic E-state index is 14.3. The van der Waals surface area contributed by atoms with Gasteiger partial charge in [0.05, 0.1) is 11.6 Å². The van der Waals surface area contributed by atoms with Crippen molar-refractivity contribution in [3.8, 4) is 6.07 Å². The zero-order valence-corrected chi connectivity index (χ0v) is 15.0. The number of fused-ring (bicyclic) bond motifs is 1. The molecule has 0 fully saturated rings. The summed E-state index contributed by atoms with van der Waals surface area (Å²) in [6.07, 6.45) is 8.30. The minimum atomic E-state index is -0.0384. The van der Waals surface area contributed by atoms with Gasteiger partial charge >= 0.3 is 0 Å². The molecule has 3 rings (SSSR count). The molecule has 1 aliphatic rings. The molecule has 1 aliphatic carbocycles. The Labute approximate surface area is 150 Å². The lowest BCUT2D eigenvalue weighted by Crippen LogP contribution is -2.15. The molecule has 0 N–H and O–H groups in total. The van der Waals surface area contributed by atoms with Gasteiger partial charge < -0.3 is 0 Å². The van der Waals surface area contributed by atoms with Gasteiger partial charge in [0, 0.05) is 0 Å². The second-order valence-electron chi connectivity index (χ2n) is 7.27. The van der Waals surface area contributed by atoms with E-state index in [-0.39, 0.29) is 5.82 Å². The molecule has 130 valence electrons. The average molecular weight is 335 g/mol. The number of halogens is 1. The zero-order chi connectivity index (χ0) is 17.6. The molecule has 0 bridgehead atoms. The fourth-order valence-corrected chi connectivity index (χ4v) is 3.84. The number of benzene rings is 2. The van der Waals surface area contributed by atoms with Crippen LogP contribution in [0.25, 0.3) is 0 Å². The third-order valence-electron chi connectivity index (χ3n) is 5.42. The Balaban J connectivity index is 1.58. The van der Waals surface area contributed by atoms with Gasteiger partial charge in [-0.3, -0.25) is 0 Å². The lowest BCUT2D eigenvalue weighted by atomic mass is 9.80. The van der Waals surface area contributed by atoms with Crippen LogP contribution in [0.5, 0.6) is 0 Å². The summed E-state index contributed by atoms with van der Waals surface area (Å²) in [5.74, 6) is 0.572. The SMILES string of the molecule is CCCCc1ccc(CCC2CCc3cc(C#N)ccc3C2)c(F)c1. The third-order valence-corrected chi connectivity index (χ3v) is 5.42. The molecule has 2 aromatic carbocycles. The Morgan fingerprint density at radius 3 is 2.76 bits per heavy atom. The van der Waals surface area contributed by atoms with E-state index < -0.39 is 0 Å². The monoisotopic (exact) mass is 335 g/mol. The van der Waals surface area contributed by atoms with Gasteiger partial charge in [-0.1, -0.05) is 31.5 Å². The van der Waals surface area contributed by atoms with E-state index in [1.807, 2.05) is 18.2 Å². The summed E-state index contributed by atoms with van der Waals surface area (Å²) >= 11 is 0. The second-order valence-corrected chi connectivity index (χ2v) is 7.27. The number of unbranched alkanes of at least 4 members (excludes halogenated alkanes) is 1. The highest BCUT2D eigenvalue weighted by Gasteiger charge is 2.19. The summed E-state index contributed by atoms with van der Waals surface area (Å²) in [7, 11) is 0. The molecule has 1 unspecified atom stereocenters. The summed E-state index contributed by atoms with van der Waals surface area (Å²) < 4.78 is 14.3. The van der Waals surface area contributed by atoms with Crippen LogP contribution in [-0.2, 0) is 25.7 Å². The number of nitriles is 1. The molecule has 0 amide bonds. The van der Waals surface area contributed by atoms with Crippen molar-refractivity contribution >= 4 is 0 Å². The van der Waals surface area contributed by atoms with Crippen LogP contribution in [0.1, 0.15) is 60.4 Å². The molecule has 0 aromatic heterocycles. The molecule has 1 nitrogen and oxygen atoms in total. The lowest BCUT2D eigenvalue weighted by molar-refractivity contribution is 0.424. The van der Waals surface area contributed by atoms with Crippen molar-refractivity contribution in [3.63, 3.8) is 0 Å². The number of hydrogen-bond donors (Lipinski definition) is 0. The zero-order valence-electron chi connectivity index (χ0n) is 15.0. The number of aryl methyl sites for hydroxylation is 3. The summed E-state index contributed by atoms with van der Waals surface area (Å²) in [4.78, 5) is 0. The van der Waals surface area contributed by atoms with Gasteiger partial charge in [0.25, 0.3) is 0 Å². The van der Waals surface area contributed by atoms with Gasteiger partial charge in [0.15, 0.2) is 0 Å². The van der Waals surface area contributed by atoms with Crippen LogP contribution in [0.2, 0.25) is 0 Å². The van der Waals surface area contributed by atoms with Crippen LogP contribution in [0, 0.1) is 23.1 Å². The molecule has 0 saturated heterocycles. The largest absolute Gasteiger partial charge is 0.207 e. The van der Waals surface area contributed by atoms with E-state index in [2.05, 4.69) is 25.1 Å². The van der Waals surface area contributed by atoms with Gasteiger partial charge in [0.1, 0.15) is 5.82 Å². The van der Waals surface area contributed by atoms with E-state index in [0.717, 1.165) is 68.1 Å². The summed E-state index contributed by atoms with van der Waals surface area (Å²) in [5, 5.41) is 9.01. The fraction of sp³-hybridized carbons (Fsp3) is 0.435. The van der Waals surface area contributed by atoms with E-state index in [4.69, 9.17) is 5.26 Å². The van der Waals surface area contributed by atoms with Gasteiger partial charge in [-0.25, -0.2) is 4.39 Å². The molecule has 0 aliphatic heterocycles. The lowest BCUT2D eigenvalue weighted by Gasteiger charge is -2.25. The van der Waals surface area contributed by atoms with Gasteiger partial charge in [-0.15, -0.1) is 0 Å². The van der Waals surface area contributed by atoms with Gasteiger partial charge in [0.2, 0.25) is 0 Å². The Bertz CT molecular complexity index is 772. The molecule has 0 radical (unpaired) electrons. The molecule has 25 heavy (non-hydrogen) atoms. The Hall–Kier alpha value is -2.14. The fourth-order valence-electron chi connectivity index (χ4n) is 3.84. The molecule has 0 saturated carbocycles. The highest BCUT2D eigenvalue weighted by molar-refractivity contribution is 5.39. The first-order valence-electron chi connectivity index (χ1n) is 9.48. The molecular formula is C23H26FN. The van der Waals surface area contributed by atoms with Crippen molar-refractivity contribution < 1.29 is 4.39 Å². The molecule has 1 atom stereocenters. The first-order chi connectivity index (χ1) is 12.2. The molecule has 0 heterocycles. The quantitative estimate of drug-likeness (QED) is 0.656. The number of nitrogens with zero attached hydrogens (tertiary/aromatic N) is 1. The van der Waals surface area contributed by atoms with Crippen LogP contribution in [-0.4, -0.2) is 0 Å².